The van der Waals surface area contributed by atoms with Crippen LogP contribution in [0.1, 0.15) is 40.4 Å². The van der Waals surface area contributed by atoms with Crippen molar-refractivity contribution in [2.24, 2.45) is 0 Å². The third-order valence-electron chi connectivity index (χ3n) is 4.26. The van der Waals surface area contributed by atoms with Gasteiger partial charge in [0.15, 0.2) is 5.78 Å². The molecule has 108 valence electrons. The lowest BCUT2D eigenvalue weighted by Gasteiger charge is -2.27. The normalized spacial score (nSPS) is 17.3. The van der Waals surface area contributed by atoms with E-state index in [0.717, 1.165) is 36.9 Å². The van der Waals surface area contributed by atoms with Crippen molar-refractivity contribution in [3.63, 3.8) is 0 Å². The van der Waals surface area contributed by atoms with E-state index >= 15 is 0 Å². The molecule has 2 heteroatoms. The van der Waals surface area contributed by atoms with Gasteiger partial charge in [0.05, 0.1) is 0 Å². The Hall–Kier alpha value is -1.93. The van der Waals surface area contributed by atoms with Gasteiger partial charge >= 0.3 is 0 Å². The third-order valence-corrected chi connectivity index (χ3v) is 4.26. The molecule has 0 amide bonds. The first-order chi connectivity index (χ1) is 10.3. The predicted molar refractivity (Wildman–Crippen MR) is 85.8 cm³/mol. The molecule has 2 nitrogen and oxygen atoms in total. The molecule has 2 aromatic rings. The molecule has 0 aliphatic heterocycles. The molecule has 0 saturated carbocycles. The zero-order chi connectivity index (χ0) is 14.7. The highest BCUT2D eigenvalue weighted by molar-refractivity contribution is 6.10. The number of aryl methyl sites for hydroxylation is 1. The average Bonchev–Trinajstić information content (AvgIpc) is 2.55. The molecular formula is C19H21NO. The smallest absolute Gasteiger partial charge is 0.193 e. The molecule has 1 atom stereocenters. The monoisotopic (exact) mass is 279 g/mol. The van der Waals surface area contributed by atoms with Gasteiger partial charge in [-0.25, -0.2) is 0 Å². The van der Waals surface area contributed by atoms with E-state index in [1.807, 2.05) is 42.5 Å². The first-order valence-corrected chi connectivity index (χ1v) is 7.73. The first kappa shape index (κ1) is 14.0. The summed E-state index contributed by atoms with van der Waals surface area (Å²) in [6, 6.07) is 16.2. The number of carbonyl (C=O) groups is 1. The van der Waals surface area contributed by atoms with Gasteiger partial charge in [-0.15, -0.1) is 0 Å². The lowest BCUT2D eigenvalue weighted by atomic mass is 9.83. The standard InChI is InChI=1S/C19H21NO/c1-2-20-16-12-11-14-9-6-10-17(18(14)13-16)19(21)15-7-4-3-5-8-15/h3-10,16,20H,2,11-13H2,1H3. The van der Waals surface area contributed by atoms with Gasteiger partial charge in [0.1, 0.15) is 0 Å². The molecule has 1 aliphatic rings. The fourth-order valence-electron chi connectivity index (χ4n) is 3.21. The van der Waals surface area contributed by atoms with E-state index in [1.54, 1.807) is 0 Å². The maximum Gasteiger partial charge on any atom is 0.193 e. The zero-order valence-corrected chi connectivity index (χ0v) is 12.4. The van der Waals surface area contributed by atoms with Crippen LogP contribution in [0.2, 0.25) is 0 Å². The Morgan fingerprint density at radius 2 is 1.95 bits per heavy atom. The summed E-state index contributed by atoms with van der Waals surface area (Å²) in [5, 5.41) is 3.52. The maximum absolute atomic E-state index is 12.8. The lowest BCUT2D eigenvalue weighted by molar-refractivity contribution is 0.103. The van der Waals surface area contributed by atoms with Crippen LogP contribution in [-0.4, -0.2) is 18.4 Å². The average molecular weight is 279 g/mol. The van der Waals surface area contributed by atoms with Gasteiger partial charge in [-0.1, -0.05) is 55.5 Å². The number of likely N-dealkylation sites (N-methyl/N-ethyl adjacent to an activating group) is 1. The van der Waals surface area contributed by atoms with Crippen molar-refractivity contribution in [2.45, 2.75) is 32.2 Å². The van der Waals surface area contributed by atoms with Crippen LogP contribution in [0.15, 0.2) is 48.5 Å². The van der Waals surface area contributed by atoms with Gasteiger partial charge in [-0.05, 0) is 36.9 Å². The second-order valence-electron chi connectivity index (χ2n) is 5.64. The summed E-state index contributed by atoms with van der Waals surface area (Å²) in [5.74, 6) is 0.143. The summed E-state index contributed by atoms with van der Waals surface area (Å²) >= 11 is 0. The van der Waals surface area contributed by atoms with Crippen LogP contribution in [0.4, 0.5) is 0 Å². The Morgan fingerprint density at radius 1 is 1.14 bits per heavy atom. The minimum atomic E-state index is 0.143. The molecule has 1 aliphatic carbocycles. The number of ketones is 1. The highest BCUT2D eigenvalue weighted by Gasteiger charge is 2.23. The van der Waals surface area contributed by atoms with Crippen molar-refractivity contribution in [1.82, 2.24) is 5.32 Å². The van der Waals surface area contributed by atoms with Gasteiger partial charge in [0.2, 0.25) is 0 Å². The summed E-state index contributed by atoms with van der Waals surface area (Å²) < 4.78 is 0. The van der Waals surface area contributed by atoms with Gasteiger partial charge in [-0.2, -0.15) is 0 Å². The molecular weight excluding hydrogens is 258 g/mol. The van der Waals surface area contributed by atoms with Crippen molar-refractivity contribution in [3.8, 4) is 0 Å². The van der Waals surface area contributed by atoms with Gasteiger partial charge in [0, 0.05) is 17.2 Å². The van der Waals surface area contributed by atoms with E-state index < -0.39 is 0 Å². The Labute approximate surface area is 126 Å². The predicted octanol–water partition coefficient (Wildman–Crippen LogP) is 3.38. The molecule has 1 unspecified atom stereocenters. The number of fused-ring (bicyclic) bond motifs is 1. The first-order valence-electron chi connectivity index (χ1n) is 7.73. The van der Waals surface area contributed by atoms with Crippen molar-refractivity contribution < 1.29 is 4.79 Å². The maximum atomic E-state index is 12.8. The van der Waals surface area contributed by atoms with Crippen LogP contribution in [0.5, 0.6) is 0 Å². The van der Waals surface area contributed by atoms with Gasteiger partial charge in [0.25, 0.3) is 0 Å². The van der Waals surface area contributed by atoms with E-state index in [-0.39, 0.29) is 5.78 Å². The molecule has 0 saturated heterocycles. The largest absolute Gasteiger partial charge is 0.314 e. The zero-order valence-electron chi connectivity index (χ0n) is 12.4. The fraction of sp³-hybridized carbons (Fsp3) is 0.316. The molecule has 2 aromatic carbocycles. The Bertz CT molecular complexity index is 633. The second-order valence-corrected chi connectivity index (χ2v) is 5.64. The van der Waals surface area contributed by atoms with E-state index in [0.29, 0.717) is 6.04 Å². The highest BCUT2D eigenvalue weighted by atomic mass is 16.1. The fourth-order valence-corrected chi connectivity index (χ4v) is 3.21. The van der Waals surface area contributed by atoms with Crippen LogP contribution in [-0.2, 0) is 12.8 Å². The van der Waals surface area contributed by atoms with Crippen LogP contribution >= 0.6 is 0 Å². The Kier molecular flexibility index (Phi) is 4.16. The molecule has 0 bridgehead atoms. The molecule has 1 N–H and O–H groups in total. The van der Waals surface area contributed by atoms with Gasteiger partial charge < -0.3 is 5.32 Å². The quantitative estimate of drug-likeness (QED) is 0.869. The van der Waals surface area contributed by atoms with E-state index in [2.05, 4.69) is 18.3 Å². The number of hydrogen-bond donors (Lipinski definition) is 1. The summed E-state index contributed by atoms with van der Waals surface area (Å²) in [6.07, 6.45) is 3.17. The SMILES string of the molecule is CCNC1CCc2cccc(C(=O)c3ccccc3)c2C1. The van der Waals surface area contributed by atoms with Crippen molar-refractivity contribution in [1.29, 1.82) is 0 Å². The van der Waals surface area contributed by atoms with E-state index in [9.17, 15) is 4.79 Å². The number of nitrogens with one attached hydrogen (secondary N) is 1. The number of rotatable bonds is 4. The number of benzene rings is 2. The number of carbonyl (C=O) groups excluding carboxylic acids is 1. The van der Waals surface area contributed by atoms with E-state index in [4.69, 9.17) is 0 Å². The van der Waals surface area contributed by atoms with Gasteiger partial charge in [-0.3, -0.25) is 4.79 Å². The molecule has 0 fully saturated rings. The molecule has 0 radical (unpaired) electrons. The topological polar surface area (TPSA) is 29.1 Å². The van der Waals surface area contributed by atoms with Crippen LogP contribution in [0.25, 0.3) is 0 Å². The van der Waals surface area contributed by atoms with Crippen molar-refractivity contribution >= 4 is 5.78 Å². The number of hydrogen-bond acceptors (Lipinski definition) is 2. The molecule has 3 rings (SSSR count). The Morgan fingerprint density at radius 3 is 2.71 bits per heavy atom. The molecule has 0 spiro atoms. The minimum Gasteiger partial charge on any atom is -0.314 e. The van der Waals surface area contributed by atoms with Crippen molar-refractivity contribution in [2.75, 3.05) is 6.54 Å². The van der Waals surface area contributed by atoms with Crippen LogP contribution in [0, 0.1) is 0 Å². The minimum absolute atomic E-state index is 0.143. The molecule has 21 heavy (non-hydrogen) atoms. The molecule has 0 heterocycles. The Balaban J connectivity index is 1.95. The third kappa shape index (κ3) is 2.91. The van der Waals surface area contributed by atoms with Crippen molar-refractivity contribution in [3.05, 3.63) is 70.8 Å². The van der Waals surface area contributed by atoms with E-state index in [1.165, 1.54) is 11.1 Å². The highest BCUT2D eigenvalue weighted by Crippen LogP contribution is 2.26. The summed E-state index contributed by atoms with van der Waals surface area (Å²) in [7, 11) is 0. The summed E-state index contributed by atoms with van der Waals surface area (Å²) in [5.41, 5.74) is 4.23. The second kappa shape index (κ2) is 6.23. The van der Waals surface area contributed by atoms with Crippen LogP contribution < -0.4 is 5.32 Å². The van der Waals surface area contributed by atoms with Crippen LogP contribution in [0.3, 0.4) is 0 Å². The molecule has 0 aromatic heterocycles. The summed E-state index contributed by atoms with van der Waals surface area (Å²) in [4.78, 5) is 12.8. The summed E-state index contributed by atoms with van der Waals surface area (Å²) in [6.45, 7) is 3.12. The lowest BCUT2D eigenvalue weighted by Crippen LogP contribution is -2.35.